The monoisotopic (exact) mass is 277 g/mol. The standard InChI is InChI=1S/C12H23NO4S/c1-10(2)7-9-18(15,16)13-8-5-4-6-11(13)12(14)17-3/h10-11H,4-9H2,1-3H3. The summed E-state index contributed by atoms with van der Waals surface area (Å²) in [7, 11) is -2.05. The summed E-state index contributed by atoms with van der Waals surface area (Å²) in [6.45, 7) is 4.41. The van der Waals surface area contributed by atoms with Gasteiger partial charge in [-0.2, -0.15) is 4.31 Å². The van der Waals surface area contributed by atoms with Crippen LogP contribution in [-0.4, -0.2) is 44.1 Å². The average molecular weight is 277 g/mol. The molecular weight excluding hydrogens is 254 g/mol. The normalized spacial score (nSPS) is 22.1. The van der Waals surface area contributed by atoms with Gasteiger partial charge in [0.15, 0.2) is 0 Å². The highest BCUT2D eigenvalue weighted by molar-refractivity contribution is 7.89. The number of esters is 1. The Morgan fingerprint density at radius 2 is 2.06 bits per heavy atom. The molecule has 6 heteroatoms. The summed E-state index contributed by atoms with van der Waals surface area (Å²) in [6.07, 6.45) is 2.87. The summed E-state index contributed by atoms with van der Waals surface area (Å²) in [5.74, 6) is 0.00185. The van der Waals surface area contributed by atoms with Crippen LogP contribution in [0.4, 0.5) is 0 Å². The van der Waals surface area contributed by atoms with Gasteiger partial charge in [-0.3, -0.25) is 4.79 Å². The van der Waals surface area contributed by atoms with Gasteiger partial charge >= 0.3 is 5.97 Å². The minimum atomic E-state index is -3.35. The molecule has 0 aromatic carbocycles. The first-order valence-electron chi connectivity index (χ1n) is 6.46. The Morgan fingerprint density at radius 3 is 2.61 bits per heavy atom. The van der Waals surface area contributed by atoms with Crippen LogP contribution in [0.2, 0.25) is 0 Å². The lowest BCUT2D eigenvalue weighted by atomic mass is 10.1. The maximum absolute atomic E-state index is 12.2. The van der Waals surface area contributed by atoms with Gasteiger partial charge in [0.25, 0.3) is 0 Å². The van der Waals surface area contributed by atoms with E-state index in [4.69, 9.17) is 4.74 Å². The molecule has 1 atom stereocenters. The largest absolute Gasteiger partial charge is 0.468 e. The van der Waals surface area contributed by atoms with E-state index in [1.807, 2.05) is 13.8 Å². The Kier molecular flexibility index (Phi) is 5.59. The molecule has 1 fully saturated rings. The van der Waals surface area contributed by atoms with Crippen molar-refractivity contribution in [3.05, 3.63) is 0 Å². The molecule has 0 saturated carbocycles. The van der Waals surface area contributed by atoms with Crippen LogP contribution in [0.3, 0.4) is 0 Å². The summed E-state index contributed by atoms with van der Waals surface area (Å²) in [6, 6.07) is -0.624. The molecular formula is C12H23NO4S. The van der Waals surface area contributed by atoms with Crippen LogP contribution in [0.25, 0.3) is 0 Å². The molecule has 1 saturated heterocycles. The Balaban J connectivity index is 2.79. The lowest BCUT2D eigenvalue weighted by Gasteiger charge is -2.32. The molecule has 0 N–H and O–H groups in total. The van der Waals surface area contributed by atoms with Crippen molar-refractivity contribution in [3.8, 4) is 0 Å². The summed E-state index contributed by atoms with van der Waals surface area (Å²) in [5, 5.41) is 0. The van der Waals surface area contributed by atoms with Crippen molar-refractivity contribution in [2.75, 3.05) is 19.4 Å². The second-order valence-corrected chi connectivity index (χ2v) is 7.19. The van der Waals surface area contributed by atoms with Gasteiger partial charge in [-0.15, -0.1) is 0 Å². The van der Waals surface area contributed by atoms with Crippen molar-refractivity contribution in [3.63, 3.8) is 0 Å². The third kappa shape index (κ3) is 3.95. The molecule has 0 amide bonds. The molecule has 1 aliphatic heterocycles. The van der Waals surface area contributed by atoms with Gasteiger partial charge < -0.3 is 4.74 Å². The number of nitrogens with zero attached hydrogens (tertiary/aromatic N) is 1. The highest BCUT2D eigenvalue weighted by atomic mass is 32.2. The van der Waals surface area contributed by atoms with Gasteiger partial charge in [0, 0.05) is 6.54 Å². The molecule has 0 radical (unpaired) electrons. The summed E-state index contributed by atoms with van der Waals surface area (Å²) in [4.78, 5) is 11.6. The third-order valence-electron chi connectivity index (χ3n) is 3.24. The highest BCUT2D eigenvalue weighted by Gasteiger charge is 2.36. The van der Waals surface area contributed by atoms with Gasteiger partial charge in [0.2, 0.25) is 10.0 Å². The van der Waals surface area contributed by atoms with E-state index in [1.54, 1.807) is 0 Å². The van der Waals surface area contributed by atoms with E-state index < -0.39 is 22.0 Å². The zero-order valence-electron chi connectivity index (χ0n) is 11.4. The van der Waals surface area contributed by atoms with E-state index in [1.165, 1.54) is 11.4 Å². The fraction of sp³-hybridized carbons (Fsp3) is 0.917. The van der Waals surface area contributed by atoms with Crippen LogP contribution >= 0.6 is 0 Å². The van der Waals surface area contributed by atoms with Crippen LogP contribution in [0.15, 0.2) is 0 Å². The number of rotatable bonds is 5. The molecule has 1 aliphatic rings. The second-order valence-electron chi connectivity index (χ2n) is 5.14. The number of carbonyl (C=O) groups excluding carboxylic acids is 1. The molecule has 106 valence electrons. The summed E-state index contributed by atoms with van der Waals surface area (Å²) >= 11 is 0. The van der Waals surface area contributed by atoms with Gasteiger partial charge in [0.1, 0.15) is 6.04 Å². The predicted molar refractivity (Wildman–Crippen MR) is 69.6 cm³/mol. The van der Waals surface area contributed by atoms with Crippen LogP contribution in [-0.2, 0) is 19.6 Å². The lowest BCUT2D eigenvalue weighted by Crippen LogP contribution is -2.49. The minimum absolute atomic E-state index is 0.109. The zero-order chi connectivity index (χ0) is 13.8. The SMILES string of the molecule is COC(=O)C1CCCCN1S(=O)(=O)CCC(C)C. The molecule has 1 rings (SSSR count). The average Bonchev–Trinajstić information content (AvgIpc) is 2.35. The summed E-state index contributed by atoms with van der Waals surface area (Å²) in [5.41, 5.74) is 0. The van der Waals surface area contributed by atoms with Crippen molar-refractivity contribution in [2.45, 2.75) is 45.6 Å². The number of hydrogen-bond donors (Lipinski definition) is 0. The van der Waals surface area contributed by atoms with Crippen molar-refractivity contribution in [1.29, 1.82) is 0 Å². The number of methoxy groups -OCH3 is 1. The molecule has 0 aromatic rings. The van der Waals surface area contributed by atoms with Gasteiger partial charge in [0.05, 0.1) is 12.9 Å². The highest BCUT2D eigenvalue weighted by Crippen LogP contribution is 2.22. The maximum Gasteiger partial charge on any atom is 0.324 e. The second kappa shape index (κ2) is 6.52. The molecule has 0 aromatic heterocycles. The van der Waals surface area contributed by atoms with Gasteiger partial charge in [-0.25, -0.2) is 8.42 Å². The van der Waals surface area contributed by atoms with Crippen LogP contribution in [0.5, 0.6) is 0 Å². The number of sulfonamides is 1. The van der Waals surface area contributed by atoms with E-state index in [2.05, 4.69) is 0 Å². The first-order valence-corrected chi connectivity index (χ1v) is 8.06. The van der Waals surface area contributed by atoms with E-state index in [0.29, 0.717) is 25.3 Å². The zero-order valence-corrected chi connectivity index (χ0v) is 12.2. The fourth-order valence-electron chi connectivity index (χ4n) is 2.11. The smallest absolute Gasteiger partial charge is 0.324 e. The predicted octanol–water partition coefficient (Wildman–Crippen LogP) is 1.39. The Labute approximate surface area is 110 Å². The van der Waals surface area contributed by atoms with Crippen molar-refractivity contribution in [2.24, 2.45) is 5.92 Å². The quantitative estimate of drug-likeness (QED) is 0.712. The number of piperidine rings is 1. The molecule has 0 aliphatic carbocycles. The third-order valence-corrected chi connectivity index (χ3v) is 5.14. The van der Waals surface area contributed by atoms with Gasteiger partial charge in [-0.1, -0.05) is 13.8 Å². The van der Waals surface area contributed by atoms with E-state index >= 15 is 0 Å². The number of carbonyl (C=O) groups is 1. The number of hydrogen-bond acceptors (Lipinski definition) is 4. The van der Waals surface area contributed by atoms with E-state index in [-0.39, 0.29) is 5.75 Å². The van der Waals surface area contributed by atoms with Crippen LogP contribution < -0.4 is 0 Å². The van der Waals surface area contributed by atoms with Gasteiger partial charge in [-0.05, 0) is 31.6 Å². The Morgan fingerprint density at radius 1 is 1.39 bits per heavy atom. The molecule has 0 bridgehead atoms. The fourth-order valence-corrected chi connectivity index (χ4v) is 4.10. The first-order chi connectivity index (χ1) is 8.38. The molecule has 1 unspecified atom stereocenters. The van der Waals surface area contributed by atoms with Crippen molar-refractivity contribution in [1.82, 2.24) is 4.31 Å². The van der Waals surface area contributed by atoms with Crippen molar-refractivity contribution >= 4 is 16.0 Å². The maximum atomic E-state index is 12.2. The molecule has 0 spiro atoms. The Hall–Kier alpha value is -0.620. The van der Waals surface area contributed by atoms with E-state index in [0.717, 1.165) is 12.8 Å². The minimum Gasteiger partial charge on any atom is -0.468 e. The molecule has 1 heterocycles. The van der Waals surface area contributed by atoms with E-state index in [9.17, 15) is 13.2 Å². The lowest BCUT2D eigenvalue weighted by molar-refractivity contribution is -0.146. The van der Waals surface area contributed by atoms with Crippen LogP contribution in [0.1, 0.15) is 39.5 Å². The van der Waals surface area contributed by atoms with Crippen molar-refractivity contribution < 1.29 is 17.9 Å². The topological polar surface area (TPSA) is 63.7 Å². The van der Waals surface area contributed by atoms with Crippen LogP contribution in [0, 0.1) is 5.92 Å². The molecule has 5 nitrogen and oxygen atoms in total. The summed E-state index contributed by atoms with van der Waals surface area (Å²) < 4.78 is 30.5. The Bertz CT molecular complexity index is 378. The first kappa shape index (κ1) is 15.4. The number of ether oxygens (including phenoxy) is 1. The molecule has 18 heavy (non-hydrogen) atoms.